The molecular weight excluding hydrogens is 510 g/mol. The van der Waals surface area contributed by atoms with Crippen molar-refractivity contribution < 1.29 is 14.2 Å². The SMILES string of the molecule is COc1ccc(N2CCN([C@H](c3cc4cc(OC)c(OC)cc4[nH]c3=O)c3nnnn3C3CCCC3)CC2)cc1. The first-order valence-corrected chi connectivity index (χ1v) is 13.8. The van der Waals surface area contributed by atoms with E-state index in [9.17, 15) is 4.79 Å². The quantitative estimate of drug-likeness (QED) is 0.355. The van der Waals surface area contributed by atoms with Gasteiger partial charge in [-0.25, -0.2) is 4.68 Å². The molecule has 1 N–H and O–H groups in total. The molecule has 0 spiro atoms. The lowest BCUT2D eigenvalue weighted by Gasteiger charge is -2.39. The number of fused-ring (bicyclic) bond motifs is 1. The van der Waals surface area contributed by atoms with Crippen LogP contribution in [-0.4, -0.2) is 77.6 Å². The number of hydrogen-bond donors (Lipinski definition) is 1. The number of aromatic amines is 1. The molecule has 0 radical (unpaired) electrons. The molecule has 2 aliphatic rings. The number of aromatic nitrogens is 5. The smallest absolute Gasteiger partial charge is 0.253 e. The van der Waals surface area contributed by atoms with Crippen LogP contribution in [0, 0.1) is 0 Å². The van der Waals surface area contributed by atoms with Crippen molar-refractivity contribution in [1.82, 2.24) is 30.1 Å². The first-order chi connectivity index (χ1) is 19.6. The number of hydrogen-bond acceptors (Lipinski definition) is 9. The Morgan fingerprint density at radius 2 is 1.60 bits per heavy atom. The second-order valence-corrected chi connectivity index (χ2v) is 10.4. The third-order valence-corrected chi connectivity index (χ3v) is 8.22. The Morgan fingerprint density at radius 1 is 0.900 bits per heavy atom. The maximum atomic E-state index is 13.7. The lowest BCUT2D eigenvalue weighted by molar-refractivity contribution is 0.197. The predicted molar refractivity (Wildman–Crippen MR) is 152 cm³/mol. The number of H-pyrrole nitrogens is 1. The monoisotopic (exact) mass is 545 g/mol. The highest BCUT2D eigenvalue weighted by Crippen LogP contribution is 2.36. The lowest BCUT2D eigenvalue weighted by atomic mass is 10.0. The zero-order valence-corrected chi connectivity index (χ0v) is 23.2. The topological polar surface area (TPSA) is 111 Å². The van der Waals surface area contributed by atoms with Crippen LogP contribution in [0.3, 0.4) is 0 Å². The van der Waals surface area contributed by atoms with Gasteiger partial charge in [-0.2, -0.15) is 0 Å². The molecule has 1 saturated heterocycles. The van der Waals surface area contributed by atoms with Crippen molar-refractivity contribution in [2.24, 2.45) is 0 Å². The van der Waals surface area contributed by atoms with E-state index in [1.807, 2.05) is 28.9 Å². The molecule has 0 amide bonds. The fourth-order valence-corrected chi connectivity index (χ4v) is 6.07. The average Bonchev–Trinajstić information content (AvgIpc) is 3.70. The molecule has 210 valence electrons. The molecule has 0 unspecified atom stereocenters. The van der Waals surface area contributed by atoms with Crippen LogP contribution in [0.25, 0.3) is 10.9 Å². The van der Waals surface area contributed by atoms with Crippen molar-refractivity contribution in [3.8, 4) is 17.2 Å². The molecule has 11 nitrogen and oxygen atoms in total. The molecule has 1 aliphatic carbocycles. The molecule has 2 aromatic heterocycles. The average molecular weight is 546 g/mol. The maximum Gasteiger partial charge on any atom is 0.253 e. The molecule has 6 rings (SSSR count). The van der Waals surface area contributed by atoms with Crippen molar-refractivity contribution >= 4 is 16.6 Å². The van der Waals surface area contributed by atoms with Gasteiger partial charge in [-0.05, 0) is 59.7 Å². The summed E-state index contributed by atoms with van der Waals surface area (Å²) in [6, 6.07) is 13.6. The van der Waals surface area contributed by atoms with Crippen LogP contribution in [0.1, 0.15) is 49.2 Å². The Kier molecular flexibility index (Phi) is 7.29. The largest absolute Gasteiger partial charge is 0.497 e. The van der Waals surface area contributed by atoms with Gasteiger partial charge >= 0.3 is 0 Å². The van der Waals surface area contributed by atoms with Crippen molar-refractivity contribution in [2.75, 3.05) is 52.4 Å². The summed E-state index contributed by atoms with van der Waals surface area (Å²) in [5, 5.41) is 13.9. The molecule has 1 aliphatic heterocycles. The number of piperazine rings is 1. The number of benzene rings is 2. The summed E-state index contributed by atoms with van der Waals surface area (Å²) in [6.45, 7) is 3.12. The van der Waals surface area contributed by atoms with Crippen LogP contribution in [0.2, 0.25) is 0 Å². The number of nitrogens with one attached hydrogen (secondary N) is 1. The van der Waals surface area contributed by atoms with Gasteiger partial charge in [0.15, 0.2) is 17.3 Å². The van der Waals surface area contributed by atoms with E-state index in [0.717, 1.165) is 74.5 Å². The lowest BCUT2D eigenvalue weighted by Crippen LogP contribution is -2.49. The van der Waals surface area contributed by atoms with Gasteiger partial charge in [0.25, 0.3) is 5.56 Å². The van der Waals surface area contributed by atoms with E-state index in [1.54, 1.807) is 27.4 Å². The summed E-state index contributed by atoms with van der Waals surface area (Å²) in [5.74, 6) is 2.73. The summed E-state index contributed by atoms with van der Waals surface area (Å²) in [7, 11) is 4.87. The summed E-state index contributed by atoms with van der Waals surface area (Å²) in [6.07, 6.45) is 4.41. The molecule has 2 fully saturated rings. The van der Waals surface area contributed by atoms with Gasteiger partial charge in [-0.15, -0.1) is 5.10 Å². The van der Waals surface area contributed by atoms with Crippen LogP contribution >= 0.6 is 0 Å². The van der Waals surface area contributed by atoms with Crippen molar-refractivity contribution in [2.45, 2.75) is 37.8 Å². The minimum atomic E-state index is -0.394. The van der Waals surface area contributed by atoms with Gasteiger partial charge in [0, 0.05) is 48.9 Å². The summed E-state index contributed by atoms with van der Waals surface area (Å²) < 4.78 is 18.3. The number of nitrogens with zero attached hydrogens (tertiary/aromatic N) is 6. The first kappa shape index (κ1) is 26.1. The summed E-state index contributed by atoms with van der Waals surface area (Å²) >= 11 is 0. The van der Waals surface area contributed by atoms with E-state index in [4.69, 9.17) is 14.2 Å². The molecule has 40 heavy (non-hydrogen) atoms. The predicted octanol–water partition coefficient (Wildman–Crippen LogP) is 3.57. The Bertz CT molecular complexity index is 1520. The zero-order valence-electron chi connectivity index (χ0n) is 23.2. The molecule has 11 heteroatoms. The first-order valence-electron chi connectivity index (χ1n) is 13.8. The summed E-state index contributed by atoms with van der Waals surface area (Å²) in [4.78, 5) is 21.5. The molecule has 1 saturated carbocycles. The zero-order chi connectivity index (χ0) is 27.6. The number of methoxy groups -OCH3 is 3. The highest BCUT2D eigenvalue weighted by Gasteiger charge is 2.35. The number of tetrazole rings is 1. The van der Waals surface area contributed by atoms with Crippen LogP contribution in [0.5, 0.6) is 17.2 Å². The third-order valence-electron chi connectivity index (χ3n) is 8.22. The Labute approximate surface area is 232 Å². The Morgan fingerprint density at radius 3 is 2.27 bits per heavy atom. The van der Waals surface area contributed by atoms with Crippen molar-refractivity contribution in [1.29, 1.82) is 0 Å². The molecule has 4 aromatic rings. The number of rotatable bonds is 8. The van der Waals surface area contributed by atoms with Gasteiger partial charge in [0.2, 0.25) is 0 Å². The van der Waals surface area contributed by atoms with Gasteiger partial charge in [0.1, 0.15) is 11.8 Å². The molecule has 1 atom stereocenters. The van der Waals surface area contributed by atoms with Crippen molar-refractivity contribution in [3.63, 3.8) is 0 Å². The minimum absolute atomic E-state index is 0.164. The Balaban J connectivity index is 1.38. The van der Waals surface area contributed by atoms with Gasteiger partial charge in [0.05, 0.1) is 32.9 Å². The van der Waals surface area contributed by atoms with E-state index >= 15 is 0 Å². The van der Waals surface area contributed by atoms with E-state index in [1.165, 1.54) is 0 Å². The fourth-order valence-electron chi connectivity index (χ4n) is 6.07. The molecule has 0 bridgehead atoms. The third kappa shape index (κ3) is 4.85. The molecule has 3 heterocycles. The highest BCUT2D eigenvalue weighted by atomic mass is 16.5. The second-order valence-electron chi connectivity index (χ2n) is 10.4. The highest BCUT2D eigenvalue weighted by molar-refractivity contribution is 5.83. The van der Waals surface area contributed by atoms with E-state index < -0.39 is 6.04 Å². The van der Waals surface area contributed by atoms with Gasteiger partial charge in [-0.1, -0.05) is 12.8 Å². The van der Waals surface area contributed by atoms with Gasteiger partial charge in [-0.3, -0.25) is 9.69 Å². The summed E-state index contributed by atoms with van der Waals surface area (Å²) in [5.41, 5.74) is 2.29. The van der Waals surface area contributed by atoms with E-state index in [-0.39, 0.29) is 11.6 Å². The fraction of sp³-hybridized carbons (Fsp3) is 0.448. The number of pyridine rings is 1. The van der Waals surface area contributed by atoms with Crippen molar-refractivity contribution in [3.05, 3.63) is 64.2 Å². The number of anilines is 1. The van der Waals surface area contributed by atoms with E-state index in [2.05, 4.69) is 42.4 Å². The normalized spacial score (nSPS) is 17.3. The maximum absolute atomic E-state index is 13.7. The minimum Gasteiger partial charge on any atom is -0.497 e. The van der Waals surface area contributed by atoms with E-state index in [0.29, 0.717) is 22.6 Å². The van der Waals surface area contributed by atoms with Crippen LogP contribution < -0.4 is 24.7 Å². The number of ether oxygens (including phenoxy) is 3. The molecular formula is C29H35N7O4. The standard InChI is InChI=1S/C29H35N7O4/c1-38-22-10-8-20(9-11-22)34-12-14-35(15-13-34)27(28-31-32-33-36(28)21-6-4-5-7-21)23-16-19-17-25(39-2)26(40-3)18-24(19)30-29(23)37/h8-11,16-18,21,27H,4-7,12-15H2,1-3H3,(H,30,37)/t27-/m1/s1. The van der Waals surface area contributed by atoms with Crippen LogP contribution in [0.15, 0.2) is 47.3 Å². The molecule has 2 aromatic carbocycles. The second kappa shape index (κ2) is 11.2. The van der Waals surface area contributed by atoms with Gasteiger partial charge < -0.3 is 24.1 Å². The van der Waals surface area contributed by atoms with Crippen LogP contribution in [-0.2, 0) is 0 Å². The van der Waals surface area contributed by atoms with Crippen LogP contribution in [0.4, 0.5) is 5.69 Å². The Hall–Kier alpha value is -4.12.